The fraction of sp³-hybridized carbons (Fsp3) is 0.350. The van der Waals surface area contributed by atoms with Gasteiger partial charge in [0.15, 0.2) is 11.8 Å². The lowest BCUT2D eigenvalue weighted by atomic mass is 10.0. The van der Waals surface area contributed by atoms with E-state index in [1.54, 1.807) is 11.3 Å². The number of likely N-dealkylation sites (N-methyl/N-ethyl adjacent to an activating group) is 1. The second kappa shape index (κ2) is 7.13. The van der Waals surface area contributed by atoms with Gasteiger partial charge in [-0.3, -0.25) is 9.59 Å². The van der Waals surface area contributed by atoms with Crippen molar-refractivity contribution >= 4 is 33.1 Å². The molecule has 0 radical (unpaired) electrons. The third-order valence-corrected chi connectivity index (χ3v) is 5.97. The normalized spacial score (nSPS) is 13.7. The number of benzene rings is 1. The van der Waals surface area contributed by atoms with Gasteiger partial charge >= 0.3 is 0 Å². The summed E-state index contributed by atoms with van der Waals surface area (Å²) in [7, 11) is 2.01. The molecule has 0 amide bonds. The monoisotopic (exact) mass is 370 g/mol. The number of aryl methyl sites for hydroxylation is 1. The average molecular weight is 370 g/mol. The minimum atomic E-state index is -0.237. The van der Waals surface area contributed by atoms with E-state index in [0.717, 1.165) is 31.4 Å². The number of quaternary nitrogens is 1. The van der Waals surface area contributed by atoms with Gasteiger partial charge in [-0.15, -0.1) is 11.3 Å². The van der Waals surface area contributed by atoms with Gasteiger partial charge in [0.1, 0.15) is 11.6 Å². The van der Waals surface area contributed by atoms with Crippen molar-refractivity contribution < 1.29 is 14.5 Å². The van der Waals surface area contributed by atoms with Crippen LogP contribution < -0.4 is 4.90 Å². The van der Waals surface area contributed by atoms with Gasteiger partial charge in [0.2, 0.25) is 5.78 Å². The van der Waals surface area contributed by atoms with Gasteiger partial charge in [-0.1, -0.05) is 12.1 Å². The minimum absolute atomic E-state index is 0.0156. The lowest BCUT2D eigenvalue weighted by molar-refractivity contribution is -0.907. The van der Waals surface area contributed by atoms with Gasteiger partial charge in [0, 0.05) is 11.3 Å². The Balaban J connectivity index is 1.79. The second-order valence-corrected chi connectivity index (χ2v) is 7.98. The molecule has 0 saturated carbocycles. The number of nitrogens with zero attached hydrogens (tertiary/aromatic N) is 1. The first-order chi connectivity index (χ1) is 12.3. The van der Waals surface area contributed by atoms with E-state index < -0.39 is 0 Å². The first-order valence-corrected chi connectivity index (χ1v) is 9.52. The highest BCUT2D eigenvalue weighted by Crippen LogP contribution is 2.21. The van der Waals surface area contributed by atoms with E-state index in [0.29, 0.717) is 17.8 Å². The summed E-state index contributed by atoms with van der Waals surface area (Å²) in [6.07, 6.45) is 0. The summed E-state index contributed by atoms with van der Waals surface area (Å²) >= 11 is 1.67. The van der Waals surface area contributed by atoms with Crippen molar-refractivity contribution in [3.05, 3.63) is 51.8 Å². The Morgan fingerprint density at radius 1 is 1.27 bits per heavy atom. The number of carbonyl (C=O) groups is 2. The molecule has 0 spiro atoms. The van der Waals surface area contributed by atoms with Crippen LogP contribution >= 0.6 is 11.3 Å². The summed E-state index contributed by atoms with van der Waals surface area (Å²) in [5, 5.41) is 1.02. The maximum atomic E-state index is 13.0. The number of aromatic amines is 1. The van der Waals surface area contributed by atoms with Gasteiger partial charge in [-0.05, 0) is 45.4 Å². The quantitative estimate of drug-likeness (QED) is 0.656. The van der Waals surface area contributed by atoms with Gasteiger partial charge in [-0.25, -0.2) is 4.98 Å². The molecule has 1 unspecified atom stereocenters. The largest absolute Gasteiger partial charge is 0.355 e. The van der Waals surface area contributed by atoms with Crippen molar-refractivity contribution in [3.8, 4) is 0 Å². The predicted molar refractivity (Wildman–Crippen MR) is 104 cm³/mol. The molecule has 1 aromatic carbocycles. The zero-order chi connectivity index (χ0) is 19.0. The molecule has 2 N–H and O–H groups in total. The zero-order valence-corrected chi connectivity index (χ0v) is 16.6. The summed E-state index contributed by atoms with van der Waals surface area (Å²) in [6.45, 7) is 7.82. The Morgan fingerprint density at radius 3 is 2.58 bits per heavy atom. The Labute approximate surface area is 157 Å². The zero-order valence-electron chi connectivity index (χ0n) is 15.8. The number of thiazole rings is 1. The van der Waals surface area contributed by atoms with E-state index in [1.807, 2.05) is 46.0 Å². The van der Waals surface area contributed by atoms with Crippen LogP contribution in [-0.2, 0) is 6.54 Å². The summed E-state index contributed by atoms with van der Waals surface area (Å²) in [4.78, 5) is 33.6. The van der Waals surface area contributed by atoms with Crippen LogP contribution in [0.4, 0.5) is 0 Å². The number of nitrogens with one attached hydrogen (secondary N) is 2. The number of H-pyrrole nitrogens is 1. The van der Waals surface area contributed by atoms with Crippen molar-refractivity contribution in [3.63, 3.8) is 0 Å². The van der Waals surface area contributed by atoms with E-state index in [-0.39, 0.29) is 17.6 Å². The Kier molecular flexibility index (Phi) is 5.07. The Morgan fingerprint density at radius 2 is 1.96 bits per heavy atom. The number of hydrogen-bond donors (Lipinski definition) is 2. The predicted octanol–water partition coefficient (Wildman–Crippen LogP) is 2.73. The van der Waals surface area contributed by atoms with E-state index in [1.165, 1.54) is 6.92 Å². The molecule has 2 aromatic heterocycles. The van der Waals surface area contributed by atoms with Crippen molar-refractivity contribution in [2.45, 2.75) is 40.3 Å². The first kappa shape index (κ1) is 18.5. The van der Waals surface area contributed by atoms with Crippen molar-refractivity contribution in [1.29, 1.82) is 0 Å². The maximum Gasteiger partial charge on any atom is 0.235 e. The van der Waals surface area contributed by atoms with Crippen molar-refractivity contribution in [2.75, 3.05) is 7.05 Å². The van der Waals surface area contributed by atoms with Gasteiger partial charge in [-0.2, -0.15) is 0 Å². The van der Waals surface area contributed by atoms with E-state index in [9.17, 15) is 9.59 Å². The number of fused-ring (bicyclic) bond motifs is 1. The molecule has 0 aliphatic rings. The molecule has 5 nitrogen and oxygen atoms in total. The average Bonchev–Trinajstić information content (AvgIpc) is 3.12. The summed E-state index contributed by atoms with van der Waals surface area (Å²) in [6, 6.07) is 7.83. The van der Waals surface area contributed by atoms with Crippen molar-refractivity contribution in [2.24, 2.45) is 0 Å². The second-order valence-electron chi connectivity index (χ2n) is 6.87. The number of carbonyl (C=O) groups excluding carboxylic acids is 2. The van der Waals surface area contributed by atoms with E-state index in [4.69, 9.17) is 0 Å². The van der Waals surface area contributed by atoms with Crippen LogP contribution in [0.2, 0.25) is 0 Å². The molecule has 0 aliphatic carbocycles. The molecule has 3 aromatic rings. The van der Waals surface area contributed by atoms with Crippen LogP contribution in [0.3, 0.4) is 0 Å². The molecule has 3 rings (SSSR count). The molecule has 6 heteroatoms. The Bertz CT molecular complexity index is 953. The fourth-order valence-electron chi connectivity index (χ4n) is 3.35. The molecule has 136 valence electrons. The van der Waals surface area contributed by atoms with Crippen LogP contribution in [-0.4, -0.2) is 34.6 Å². The number of para-hydroxylation sites is 1. The maximum absolute atomic E-state index is 13.0. The van der Waals surface area contributed by atoms with Crippen LogP contribution in [0.15, 0.2) is 24.3 Å². The highest BCUT2D eigenvalue weighted by Gasteiger charge is 2.29. The minimum Gasteiger partial charge on any atom is -0.355 e. The highest BCUT2D eigenvalue weighted by atomic mass is 32.1. The van der Waals surface area contributed by atoms with Gasteiger partial charge in [0.05, 0.1) is 23.0 Å². The summed E-state index contributed by atoms with van der Waals surface area (Å²) in [5.74, 6) is 0.00911. The summed E-state index contributed by atoms with van der Waals surface area (Å²) < 4.78 is 1.16. The molecule has 0 saturated heterocycles. The smallest absolute Gasteiger partial charge is 0.235 e. The molecule has 2 heterocycles. The summed E-state index contributed by atoms with van der Waals surface area (Å²) in [5.41, 5.74) is 3.68. The SMILES string of the molecule is CC(=O)c1c(C)[nH]c(C(=O)[C@H](C)[NH+](C)Cc2nc3ccccc3s2)c1C. The Hall–Kier alpha value is -2.31. The molecule has 0 bridgehead atoms. The lowest BCUT2D eigenvalue weighted by Crippen LogP contribution is -3.12. The number of ketones is 2. The fourth-order valence-corrected chi connectivity index (χ4v) is 4.41. The van der Waals surface area contributed by atoms with Crippen LogP contribution in [0.25, 0.3) is 10.2 Å². The van der Waals surface area contributed by atoms with E-state index in [2.05, 4.69) is 16.0 Å². The van der Waals surface area contributed by atoms with Gasteiger partial charge in [0.25, 0.3) is 0 Å². The number of aromatic nitrogens is 2. The molecule has 0 aliphatic heterocycles. The molecule has 2 atom stereocenters. The van der Waals surface area contributed by atoms with E-state index >= 15 is 0 Å². The molecular formula is C20H24N3O2S+. The van der Waals surface area contributed by atoms with Gasteiger partial charge < -0.3 is 9.88 Å². The number of hydrogen-bond acceptors (Lipinski definition) is 4. The van der Waals surface area contributed by atoms with Crippen LogP contribution in [0.5, 0.6) is 0 Å². The molecule has 0 fully saturated rings. The standard InChI is InChI=1S/C20H23N3O2S/c1-11-18(14(4)24)12(2)21-19(11)20(25)13(3)23(5)10-17-22-15-8-6-7-9-16(15)26-17/h6-9,13,21H,10H2,1-5H3/p+1/t13-/m0/s1. The molecular weight excluding hydrogens is 346 g/mol. The molecule has 26 heavy (non-hydrogen) atoms. The third kappa shape index (κ3) is 3.34. The lowest BCUT2D eigenvalue weighted by Gasteiger charge is -2.19. The first-order valence-electron chi connectivity index (χ1n) is 8.70. The van der Waals surface area contributed by atoms with Crippen LogP contribution in [0.1, 0.15) is 51.0 Å². The number of rotatable bonds is 6. The van der Waals surface area contributed by atoms with Crippen molar-refractivity contribution in [1.82, 2.24) is 9.97 Å². The topological polar surface area (TPSA) is 67.3 Å². The third-order valence-electron chi connectivity index (χ3n) is 4.94. The van der Waals surface area contributed by atoms with Crippen LogP contribution in [0, 0.1) is 13.8 Å². The number of Topliss-reactive ketones (excluding diaryl/α,β-unsaturated/α-hetero) is 2. The highest BCUT2D eigenvalue weighted by molar-refractivity contribution is 7.18.